The number of nitro groups is 1. The van der Waals surface area contributed by atoms with Gasteiger partial charge in [0.25, 0.3) is 5.69 Å². The number of hydrogen-bond donors (Lipinski definition) is 1. The van der Waals surface area contributed by atoms with Gasteiger partial charge >= 0.3 is 0 Å². The zero-order valence-corrected chi connectivity index (χ0v) is 10.1. The summed E-state index contributed by atoms with van der Waals surface area (Å²) in [4.78, 5) is 21.5. The first kappa shape index (κ1) is 13.6. The van der Waals surface area contributed by atoms with E-state index in [-0.39, 0.29) is 11.6 Å². The average molecular weight is 246 g/mol. The van der Waals surface area contributed by atoms with E-state index in [1.165, 1.54) is 24.3 Å². The fourth-order valence-corrected chi connectivity index (χ4v) is 1.21. The fraction of sp³-hybridized carbons (Fsp3) is 0.154. The molecule has 1 amide bonds. The molecular weight excluding hydrogens is 232 g/mol. The molecule has 0 aromatic heterocycles. The molecule has 5 heteroatoms. The molecule has 5 nitrogen and oxygen atoms in total. The van der Waals surface area contributed by atoms with Crippen LogP contribution in [0.5, 0.6) is 0 Å². The third kappa shape index (κ3) is 4.61. The molecule has 1 N–H and O–H groups in total. The minimum absolute atomic E-state index is 0.000468. The average Bonchev–Trinajstić information content (AvgIpc) is 2.34. The molecular formula is C13H14N2O3. The van der Waals surface area contributed by atoms with E-state index in [1.54, 1.807) is 12.1 Å². The quantitative estimate of drug-likeness (QED) is 0.375. The van der Waals surface area contributed by atoms with Gasteiger partial charge in [-0.25, -0.2) is 0 Å². The Morgan fingerprint density at radius 1 is 1.56 bits per heavy atom. The molecule has 0 spiro atoms. The SMILES string of the molecule is C=C(C)CNC(=O)/C=C/c1cccc([N+](=O)[O-])c1. The van der Waals surface area contributed by atoms with Gasteiger partial charge in [0.2, 0.25) is 5.91 Å². The minimum atomic E-state index is -0.474. The molecule has 0 aliphatic carbocycles. The van der Waals surface area contributed by atoms with Crippen LogP contribution in [0, 0.1) is 10.1 Å². The van der Waals surface area contributed by atoms with Crippen LogP contribution in [0.3, 0.4) is 0 Å². The molecule has 0 bridgehead atoms. The summed E-state index contributed by atoms with van der Waals surface area (Å²) in [7, 11) is 0. The zero-order chi connectivity index (χ0) is 13.5. The van der Waals surface area contributed by atoms with Crippen molar-refractivity contribution in [2.75, 3.05) is 6.54 Å². The van der Waals surface area contributed by atoms with Crippen molar-refractivity contribution < 1.29 is 9.72 Å². The molecule has 0 aliphatic rings. The van der Waals surface area contributed by atoms with Gasteiger partial charge in [-0.05, 0) is 18.6 Å². The lowest BCUT2D eigenvalue weighted by atomic mass is 10.2. The van der Waals surface area contributed by atoms with E-state index in [2.05, 4.69) is 11.9 Å². The molecule has 1 aromatic rings. The molecule has 0 aliphatic heterocycles. The summed E-state index contributed by atoms with van der Waals surface area (Å²) in [6, 6.07) is 6.07. The van der Waals surface area contributed by atoms with Crippen molar-refractivity contribution in [3.05, 3.63) is 58.2 Å². The van der Waals surface area contributed by atoms with Gasteiger partial charge < -0.3 is 5.32 Å². The Hall–Kier alpha value is -2.43. The highest BCUT2D eigenvalue weighted by Crippen LogP contribution is 2.13. The highest BCUT2D eigenvalue weighted by atomic mass is 16.6. The second-order valence-electron chi connectivity index (χ2n) is 3.86. The molecule has 1 rings (SSSR count). The molecule has 0 radical (unpaired) electrons. The van der Waals surface area contributed by atoms with Crippen LogP contribution in [0.25, 0.3) is 6.08 Å². The van der Waals surface area contributed by atoms with Crippen molar-refractivity contribution in [1.29, 1.82) is 0 Å². The molecule has 94 valence electrons. The van der Waals surface area contributed by atoms with Gasteiger partial charge in [-0.1, -0.05) is 24.3 Å². The first-order valence-corrected chi connectivity index (χ1v) is 5.34. The number of benzene rings is 1. The van der Waals surface area contributed by atoms with Crippen molar-refractivity contribution in [3.8, 4) is 0 Å². The number of rotatable bonds is 5. The number of amides is 1. The number of nitro benzene ring substituents is 1. The second kappa shape index (κ2) is 6.34. The fourth-order valence-electron chi connectivity index (χ4n) is 1.21. The van der Waals surface area contributed by atoms with Crippen LogP contribution in [0.1, 0.15) is 12.5 Å². The number of non-ortho nitro benzene ring substituents is 1. The molecule has 0 fully saturated rings. The normalized spacial score (nSPS) is 10.3. The van der Waals surface area contributed by atoms with E-state index in [0.29, 0.717) is 12.1 Å². The number of nitrogens with zero attached hydrogens (tertiary/aromatic N) is 1. The van der Waals surface area contributed by atoms with Gasteiger partial charge in [0.05, 0.1) is 4.92 Å². The largest absolute Gasteiger partial charge is 0.349 e. The van der Waals surface area contributed by atoms with Gasteiger partial charge in [-0.15, -0.1) is 0 Å². The number of carbonyl (C=O) groups is 1. The lowest BCUT2D eigenvalue weighted by molar-refractivity contribution is -0.384. The summed E-state index contributed by atoms with van der Waals surface area (Å²) in [5.74, 6) is -0.260. The number of carbonyl (C=O) groups excluding carboxylic acids is 1. The minimum Gasteiger partial charge on any atom is -0.349 e. The molecule has 0 heterocycles. The van der Waals surface area contributed by atoms with Gasteiger partial charge in [-0.3, -0.25) is 14.9 Å². The Morgan fingerprint density at radius 3 is 2.89 bits per heavy atom. The van der Waals surface area contributed by atoms with Crippen LogP contribution in [0.2, 0.25) is 0 Å². The summed E-state index contributed by atoms with van der Waals surface area (Å²) in [5, 5.41) is 13.2. The van der Waals surface area contributed by atoms with Crippen LogP contribution < -0.4 is 5.32 Å². The lowest BCUT2D eigenvalue weighted by Gasteiger charge is -2.00. The van der Waals surface area contributed by atoms with Crippen molar-refractivity contribution in [2.24, 2.45) is 0 Å². The van der Waals surface area contributed by atoms with E-state index in [0.717, 1.165) is 5.57 Å². The Labute approximate surface area is 105 Å². The monoisotopic (exact) mass is 246 g/mol. The van der Waals surface area contributed by atoms with E-state index < -0.39 is 4.92 Å². The van der Waals surface area contributed by atoms with Crippen molar-refractivity contribution in [2.45, 2.75) is 6.92 Å². The van der Waals surface area contributed by atoms with Crippen LogP contribution >= 0.6 is 0 Å². The lowest BCUT2D eigenvalue weighted by Crippen LogP contribution is -2.22. The highest BCUT2D eigenvalue weighted by molar-refractivity contribution is 5.91. The molecule has 0 saturated carbocycles. The van der Waals surface area contributed by atoms with Crippen LogP contribution in [0.15, 0.2) is 42.5 Å². The molecule has 0 atom stereocenters. The predicted octanol–water partition coefficient (Wildman–Crippen LogP) is 2.30. The summed E-state index contributed by atoms with van der Waals surface area (Å²) < 4.78 is 0. The van der Waals surface area contributed by atoms with Crippen molar-refractivity contribution in [3.63, 3.8) is 0 Å². The Kier molecular flexibility index (Phi) is 4.80. The third-order valence-corrected chi connectivity index (χ3v) is 2.07. The first-order chi connectivity index (χ1) is 8.49. The maximum atomic E-state index is 11.4. The summed E-state index contributed by atoms with van der Waals surface area (Å²) in [5.41, 5.74) is 1.46. The summed E-state index contributed by atoms with van der Waals surface area (Å²) in [6.45, 7) is 5.89. The Morgan fingerprint density at radius 2 is 2.28 bits per heavy atom. The highest BCUT2D eigenvalue weighted by Gasteiger charge is 2.03. The van der Waals surface area contributed by atoms with Gasteiger partial charge in [0, 0.05) is 24.8 Å². The maximum Gasteiger partial charge on any atom is 0.270 e. The van der Waals surface area contributed by atoms with E-state index in [4.69, 9.17) is 0 Å². The number of hydrogen-bond acceptors (Lipinski definition) is 3. The van der Waals surface area contributed by atoms with Gasteiger partial charge in [0.15, 0.2) is 0 Å². The Balaban J connectivity index is 2.66. The van der Waals surface area contributed by atoms with Crippen molar-refractivity contribution in [1.82, 2.24) is 5.32 Å². The molecule has 0 saturated heterocycles. The second-order valence-corrected chi connectivity index (χ2v) is 3.86. The first-order valence-electron chi connectivity index (χ1n) is 5.34. The van der Waals surface area contributed by atoms with E-state index in [1.807, 2.05) is 6.92 Å². The van der Waals surface area contributed by atoms with E-state index >= 15 is 0 Å². The van der Waals surface area contributed by atoms with Crippen molar-refractivity contribution >= 4 is 17.7 Å². The standard InChI is InChI=1S/C13H14N2O3/c1-10(2)9-14-13(16)7-6-11-4-3-5-12(8-11)15(17)18/h3-8H,1,9H2,2H3,(H,14,16)/b7-6+. The van der Waals surface area contributed by atoms with Crippen LogP contribution in [0.4, 0.5) is 5.69 Å². The maximum absolute atomic E-state index is 11.4. The smallest absolute Gasteiger partial charge is 0.270 e. The molecule has 18 heavy (non-hydrogen) atoms. The van der Waals surface area contributed by atoms with Gasteiger partial charge in [-0.2, -0.15) is 0 Å². The molecule has 1 aromatic carbocycles. The number of nitrogens with one attached hydrogen (secondary N) is 1. The summed E-state index contributed by atoms with van der Waals surface area (Å²) >= 11 is 0. The van der Waals surface area contributed by atoms with Gasteiger partial charge in [0.1, 0.15) is 0 Å². The predicted molar refractivity (Wildman–Crippen MR) is 70.0 cm³/mol. The Bertz CT molecular complexity index is 507. The van der Waals surface area contributed by atoms with E-state index in [9.17, 15) is 14.9 Å². The summed E-state index contributed by atoms with van der Waals surface area (Å²) in [6.07, 6.45) is 2.86. The topological polar surface area (TPSA) is 72.2 Å². The molecule has 0 unspecified atom stereocenters. The van der Waals surface area contributed by atoms with Crippen LogP contribution in [-0.4, -0.2) is 17.4 Å². The zero-order valence-electron chi connectivity index (χ0n) is 10.1. The third-order valence-electron chi connectivity index (χ3n) is 2.07. The van der Waals surface area contributed by atoms with Crippen LogP contribution in [-0.2, 0) is 4.79 Å².